The van der Waals surface area contributed by atoms with E-state index in [1.54, 1.807) is 22.3 Å². The minimum atomic E-state index is -0.185. The Morgan fingerprint density at radius 2 is 1.88 bits per heavy atom. The maximum absolute atomic E-state index is 13.7. The van der Waals surface area contributed by atoms with Gasteiger partial charge in [-0.25, -0.2) is 4.98 Å². The number of aromatic nitrogens is 1. The topological polar surface area (TPSA) is 58.8 Å². The molecule has 4 aromatic rings. The van der Waals surface area contributed by atoms with Gasteiger partial charge in [0.15, 0.2) is 22.2 Å². The number of ether oxygens (including phenoxy) is 1. The number of furan rings is 1. The predicted octanol–water partition coefficient (Wildman–Crippen LogP) is 5.99. The summed E-state index contributed by atoms with van der Waals surface area (Å²) in [6.07, 6.45) is 0.967. The number of fused-ring (bicyclic) bond motifs is 2. The van der Waals surface area contributed by atoms with Crippen LogP contribution in [0, 0.1) is 0 Å². The average Bonchev–Trinajstić information content (AvgIpc) is 3.46. The van der Waals surface area contributed by atoms with Crippen LogP contribution < -0.4 is 9.64 Å². The third-order valence-electron chi connectivity index (χ3n) is 5.88. The maximum atomic E-state index is 13.7. The van der Waals surface area contributed by atoms with Crippen molar-refractivity contribution in [1.29, 1.82) is 0 Å². The van der Waals surface area contributed by atoms with Gasteiger partial charge in [0.1, 0.15) is 0 Å². The lowest BCUT2D eigenvalue weighted by Gasteiger charge is -2.24. The van der Waals surface area contributed by atoms with Crippen molar-refractivity contribution in [3.63, 3.8) is 0 Å². The smallest absolute Gasteiger partial charge is 0.295 e. The van der Waals surface area contributed by atoms with E-state index in [2.05, 4.69) is 37.8 Å². The number of anilines is 1. The van der Waals surface area contributed by atoms with Gasteiger partial charge in [0.25, 0.3) is 5.91 Å². The highest BCUT2D eigenvalue weighted by Gasteiger charge is 2.25. The molecule has 0 saturated carbocycles. The highest BCUT2D eigenvalue weighted by atomic mass is 32.1. The molecule has 0 aliphatic heterocycles. The summed E-state index contributed by atoms with van der Waals surface area (Å²) in [6.45, 7) is 12.0. The summed E-state index contributed by atoms with van der Waals surface area (Å²) in [5.41, 5.74) is 2.78. The van der Waals surface area contributed by atoms with E-state index in [0.717, 1.165) is 41.7 Å². The zero-order chi connectivity index (χ0) is 23.4. The van der Waals surface area contributed by atoms with Crippen molar-refractivity contribution in [2.45, 2.75) is 34.1 Å². The fourth-order valence-corrected chi connectivity index (χ4v) is 4.96. The number of para-hydroxylation sites is 1. The molecule has 2 aromatic carbocycles. The Hall–Kier alpha value is -2.90. The Kier molecular flexibility index (Phi) is 7.30. The number of aryl methyl sites for hydroxylation is 1. The summed E-state index contributed by atoms with van der Waals surface area (Å²) in [5, 5.41) is 1.55. The predicted molar refractivity (Wildman–Crippen MR) is 136 cm³/mol. The van der Waals surface area contributed by atoms with E-state index in [9.17, 15) is 4.79 Å². The van der Waals surface area contributed by atoms with Crippen LogP contribution in [0.3, 0.4) is 0 Å². The number of nitrogens with zero attached hydrogens (tertiary/aromatic N) is 3. The van der Waals surface area contributed by atoms with Crippen LogP contribution in [-0.4, -0.2) is 48.6 Å². The molecule has 0 radical (unpaired) electrons. The molecule has 2 heterocycles. The quantitative estimate of drug-likeness (QED) is 0.288. The monoisotopic (exact) mass is 465 g/mol. The van der Waals surface area contributed by atoms with E-state index in [1.165, 1.54) is 5.56 Å². The van der Waals surface area contributed by atoms with E-state index < -0.39 is 0 Å². The van der Waals surface area contributed by atoms with Gasteiger partial charge in [-0.1, -0.05) is 50.3 Å². The average molecular weight is 466 g/mol. The number of carbonyl (C=O) groups excluding carboxylic acids is 1. The van der Waals surface area contributed by atoms with Gasteiger partial charge in [-0.3, -0.25) is 9.69 Å². The van der Waals surface area contributed by atoms with Gasteiger partial charge < -0.3 is 14.1 Å². The van der Waals surface area contributed by atoms with Gasteiger partial charge in [-0.15, -0.1) is 0 Å². The van der Waals surface area contributed by atoms with Gasteiger partial charge >= 0.3 is 0 Å². The van der Waals surface area contributed by atoms with Crippen molar-refractivity contribution in [3.05, 3.63) is 53.8 Å². The van der Waals surface area contributed by atoms with E-state index in [0.29, 0.717) is 35.4 Å². The van der Waals surface area contributed by atoms with Crippen LogP contribution >= 0.6 is 11.3 Å². The van der Waals surface area contributed by atoms with Crippen LogP contribution in [0.4, 0.5) is 5.13 Å². The first-order valence-electron chi connectivity index (χ1n) is 11.7. The van der Waals surface area contributed by atoms with E-state index >= 15 is 0 Å². The molecule has 7 heteroatoms. The maximum Gasteiger partial charge on any atom is 0.295 e. The Bertz CT molecular complexity index is 1240. The third kappa shape index (κ3) is 4.89. The van der Waals surface area contributed by atoms with Crippen LogP contribution in [0.15, 0.2) is 46.9 Å². The second-order valence-electron chi connectivity index (χ2n) is 7.85. The zero-order valence-corrected chi connectivity index (χ0v) is 20.6. The summed E-state index contributed by atoms with van der Waals surface area (Å²) in [6, 6.07) is 13.8. The second kappa shape index (κ2) is 10.4. The number of hydrogen-bond acceptors (Lipinski definition) is 6. The Balaban J connectivity index is 1.72. The highest BCUT2D eigenvalue weighted by Crippen LogP contribution is 2.33. The normalized spacial score (nSPS) is 11.5. The molecule has 174 valence electrons. The number of likely N-dealkylation sites (N-methyl/N-ethyl adjacent to an activating group) is 1. The fraction of sp³-hybridized carbons (Fsp3) is 0.385. The van der Waals surface area contributed by atoms with Crippen LogP contribution in [0.2, 0.25) is 0 Å². The molecule has 1 amide bonds. The molecular formula is C26H31N3O3S. The first-order chi connectivity index (χ1) is 16.1. The number of carbonyl (C=O) groups is 1. The van der Waals surface area contributed by atoms with E-state index in [4.69, 9.17) is 14.1 Å². The number of rotatable bonds is 10. The summed E-state index contributed by atoms with van der Waals surface area (Å²) in [5.74, 6) is 0.761. The van der Waals surface area contributed by atoms with Gasteiger partial charge in [0.05, 0.1) is 16.8 Å². The number of hydrogen-bond donors (Lipinski definition) is 0. The number of benzene rings is 2. The van der Waals surface area contributed by atoms with Crippen molar-refractivity contribution in [2.24, 2.45) is 0 Å². The van der Waals surface area contributed by atoms with Crippen molar-refractivity contribution < 1.29 is 13.9 Å². The highest BCUT2D eigenvalue weighted by molar-refractivity contribution is 7.22. The fourth-order valence-electron chi connectivity index (χ4n) is 3.90. The summed E-state index contributed by atoms with van der Waals surface area (Å²) < 4.78 is 12.8. The van der Waals surface area contributed by atoms with Crippen LogP contribution in [-0.2, 0) is 6.42 Å². The summed E-state index contributed by atoms with van der Waals surface area (Å²) >= 11 is 1.55. The van der Waals surface area contributed by atoms with Crippen LogP contribution in [0.25, 0.3) is 21.2 Å². The van der Waals surface area contributed by atoms with Crippen molar-refractivity contribution >= 4 is 43.6 Å². The molecule has 33 heavy (non-hydrogen) atoms. The number of thiazole rings is 1. The minimum absolute atomic E-state index is 0.185. The van der Waals surface area contributed by atoms with Crippen LogP contribution in [0.1, 0.15) is 43.8 Å². The van der Waals surface area contributed by atoms with E-state index in [1.807, 2.05) is 31.2 Å². The Morgan fingerprint density at radius 3 is 2.61 bits per heavy atom. The van der Waals surface area contributed by atoms with Gasteiger partial charge in [-0.2, -0.15) is 0 Å². The molecular weight excluding hydrogens is 434 g/mol. The number of amides is 1. The van der Waals surface area contributed by atoms with Gasteiger partial charge in [-0.05, 0) is 56.3 Å². The molecule has 0 aliphatic rings. The first kappa shape index (κ1) is 23.3. The molecule has 6 nitrogen and oxygen atoms in total. The molecule has 0 saturated heterocycles. The molecule has 0 unspecified atom stereocenters. The molecule has 0 atom stereocenters. The lowest BCUT2D eigenvalue weighted by molar-refractivity contribution is 0.0959. The Labute approximate surface area is 198 Å². The largest absolute Gasteiger partial charge is 0.490 e. The molecule has 0 N–H and O–H groups in total. The Morgan fingerprint density at radius 1 is 1.06 bits per heavy atom. The molecule has 0 bridgehead atoms. The third-order valence-corrected chi connectivity index (χ3v) is 6.92. The SMILES string of the molecule is CCOc1cccc2cc(C(=O)N(CCN(CC)CC)c3nc4ccc(CC)cc4s3)oc12. The molecule has 0 aliphatic carbocycles. The molecule has 0 fully saturated rings. The summed E-state index contributed by atoms with van der Waals surface area (Å²) in [7, 11) is 0. The lowest BCUT2D eigenvalue weighted by atomic mass is 10.2. The zero-order valence-electron chi connectivity index (χ0n) is 19.8. The lowest BCUT2D eigenvalue weighted by Crippen LogP contribution is -2.38. The molecule has 4 rings (SSSR count). The second-order valence-corrected chi connectivity index (χ2v) is 8.86. The molecule has 2 aromatic heterocycles. The van der Waals surface area contributed by atoms with E-state index in [-0.39, 0.29) is 5.91 Å². The first-order valence-corrected chi connectivity index (χ1v) is 12.5. The van der Waals surface area contributed by atoms with Crippen molar-refractivity contribution in [2.75, 3.05) is 37.7 Å². The van der Waals surface area contributed by atoms with Crippen LogP contribution in [0.5, 0.6) is 5.75 Å². The van der Waals surface area contributed by atoms with Gasteiger partial charge in [0.2, 0.25) is 0 Å². The van der Waals surface area contributed by atoms with Crippen molar-refractivity contribution in [3.8, 4) is 5.75 Å². The molecule has 0 spiro atoms. The standard InChI is InChI=1S/C26H31N3O3S/c1-5-18-12-13-20-23(16-18)33-26(27-20)29(15-14-28(6-2)7-3)25(30)22-17-19-10-9-11-21(31-8-4)24(19)32-22/h9-13,16-17H,5-8,14-15H2,1-4H3. The minimum Gasteiger partial charge on any atom is -0.490 e. The van der Waals surface area contributed by atoms with Gasteiger partial charge in [0, 0.05) is 18.5 Å². The van der Waals surface area contributed by atoms with Crippen molar-refractivity contribution in [1.82, 2.24) is 9.88 Å². The summed E-state index contributed by atoms with van der Waals surface area (Å²) in [4.78, 5) is 22.6.